The lowest BCUT2D eigenvalue weighted by Gasteiger charge is -2.04. The van der Waals surface area contributed by atoms with Crippen LogP contribution >= 0.6 is 22.9 Å². The quantitative estimate of drug-likeness (QED) is 0.420. The number of carbonyl (C=O) groups is 1. The first-order chi connectivity index (χ1) is 14.8. The van der Waals surface area contributed by atoms with Gasteiger partial charge in [-0.2, -0.15) is 4.99 Å². The lowest BCUT2D eigenvalue weighted by Crippen LogP contribution is -2.16. The lowest BCUT2D eigenvalue weighted by atomic mass is 10.3. The van der Waals surface area contributed by atoms with Gasteiger partial charge in [0, 0.05) is 18.0 Å². The minimum absolute atomic E-state index is 0.0410. The van der Waals surface area contributed by atoms with E-state index in [1.54, 1.807) is 6.08 Å². The average Bonchev–Trinajstić information content (AvgIpc) is 3.05. The number of hydrogen-bond donors (Lipinski definition) is 0. The average molecular weight is 479 g/mol. The summed E-state index contributed by atoms with van der Waals surface area (Å²) >= 11 is 7.19. The molecular weight excluding hydrogens is 456 g/mol. The molecule has 0 aliphatic heterocycles. The van der Waals surface area contributed by atoms with Gasteiger partial charge in [-0.3, -0.25) is 4.79 Å². The molecule has 0 N–H and O–H groups in total. The maximum absolute atomic E-state index is 12.4. The van der Waals surface area contributed by atoms with Gasteiger partial charge < -0.3 is 9.30 Å². The molecule has 0 saturated carbocycles. The molecule has 6 nitrogen and oxygen atoms in total. The number of sulfone groups is 1. The van der Waals surface area contributed by atoms with Gasteiger partial charge in [-0.05, 0) is 55.8 Å². The molecule has 0 fully saturated rings. The topological polar surface area (TPSA) is 77.7 Å². The highest BCUT2D eigenvalue weighted by Crippen LogP contribution is 2.23. The van der Waals surface area contributed by atoms with Crippen LogP contribution in [0.2, 0.25) is 5.02 Å². The Balaban J connectivity index is 1.76. The molecule has 0 bridgehead atoms. The maximum atomic E-state index is 12.4. The largest absolute Gasteiger partial charge is 0.494 e. The van der Waals surface area contributed by atoms with Crippen molar-refractivity contribution >= 4 is 48.9 Å². The number of halogens is 1. The van der Waals surface area contributed by atoms with Crippen LogP contribution < -0.4 is 9.54 Å². The van der Waals surface area contributed by atoms with Crippen molar-refractivity contribution in [1.82, 2.24) is 4.57 Å². The Morgan fingerprint density at radius 2 is 2.00 bits per heavy atom. The number of thiazole rings is 1. The van der Waals surface area contributed by atoms with Crippen LogP contribution in [0.1, 0.15) is 19.8 Å². The molecule has 1 aromatic heterocycles. The highest BCUT2D eigenvalue weighted by Gasteiger charge is 2.15. The fraction of sp³-hybridized carbons (Fsp3) is 0.273. The minimum Gasteiger partial charge on any atom is -0.494 e. The van der Waals surface area contributed by atoms with E-state index in [1.165, 1.54) is 35.6 Å². The summed E-state index contributed by atoms with van der Waals surface area (Å²) in [4.78, 5) is 17.4. The number of nitrogens with zero attached hydrogens (tertiary/aromatic N) is 2. The molecular formula is C22H23ClN2O4S2. The Labute approximate surface area is 190 Å². The van der Waals surface area contributed by atoms with Crippen molar-refractivity contribution in [3.8, 4) is 5.75 Å². The second-order valence-corrected chi connectivity index (χ2v) is 10.3. The second kappa shape index (κ2) is 10.3. The number of carbonyl (C=O) groups excluding carboxylic acids is 1. The summed E-state index contributed by atoms with van der Waals surface area (Å²) in [5, 5.41) is 0.470. The first kappa shape index (κ1) is 23.2. The summed E-state index contributed by atoms with van der Waals surface area (Å²) in [6.45, 7) is 6.77. The Hall–Kier alpha value is -2.42. The summed E-state index contributed by atoms with van der Waals surface area (Å²) < 4.78 is 33.2. The maximum Gasteiger partial charge on any atom is 0.248 e. The number of benzene rings is 2. The standard InChI is InChI=1S/C22H23ClN2O4S2/c1-3-13-25-19-12-9-17(29-4-2)15-20(19)30-22(25)24-21(26)6-5-14-31(27,28)18-10-7-16(23)8-11-18/h3,7-12,15H,1,4-6,13-14H2,2H3. The fourth-order valence-electron chi connectivity index (χ4n) is 3.04. The van der Waals surface area contributed by atoms with Gasteiger partial charge in [-0.1, -0.05) is 29.0 Å². The first-order valence-electron chi connectivity index (χ1n) is 9.77. The normalized spacial score (nSPS) is 12.3. The number of hydrogen-bond acceptors (Lipinski definition) is 5. The highest BCUT2D eigenvalue weighted by atomic mass is 35.5. The van der Waals surface area contributed by atoms with Crippen molar-refractivity contribution in [3.05, 3.63) is 64.9 Å². The van der Waals surface area contributed by atoms with Gasteiger partial charge in [0.1, 0.15) is 5.75 Å². The van der Waals surface area contributed by atoms with E-state index in [-0.39, 0.29) is 29.4 Å². The number of aromatic nitrogens is 1. The van der Waals surface area contributed by atoms with Crippen molar-refractivity contribution < 1.29 is 17.9 Å². The predicted molar refractivity (Wildman–Crippen MR) is 124 cm³/mol. The van der Waals surface area contributed by atoms with Crippen LogP contribution in [-0.2, 0) is 21.2 Å². The van der Waals surface area contributed by atoms with Crippen LogP contribution in [0.3, 0.4) is 0 Å². The van der Waals surface area contributed by atoms with Crippen LogP contribution in [-0.4, -0.2) is 31.3 Å². The van der Waals surface area contributed by atoms with Gasteiger partial charge in [0.2, 0.25) is 5.91 Å². The Morgan fingerprint density at radius 3 is 2.68 bits per heavy atom. The van der Waals surface area contributed by atoms with Crippen LogP contribution in [0.5, 0.6) is 5.75 Å². The summed E-state index contributed by atoms with van der Waals surface area (Å²) in [6, 6.07) is 11.7. The van der Waals surface area contributed by atoms with Crippen LogP contribution in [0.15, 0.2) is 65.0 Å². The van der Waals surface area contributed by atoms with E-state index in [9.17, 15) is 13.2 Å². The molecule has 0 aliphatic carbocycles. The number of amides is 1. The Kier molecular flexibility index (Phi) is 7.69. The molecule has 31 heavy (non-hydrogen) atoms. The molecule has 0 spiro atoms. The zero-order chi connectivity index (χ0) is 22.4. The summed E-state index contributed by atoms with van der Waals surface area (Å²) in [5.74, 6) is 0.264. The lowest BCUT2D eigenvalue weighted by molar-refractivity contribution is -0.118. The SMILES string of the molecule is C=CCn1c(=NC(=O)CCCS(=O)(=O)c2ccc(Cl)cc2)sc2cc(OCC)ccc21. The second-order valence-electron chi connectivity index (χ2n) is 6.73. The smallest absolute Gasteiger partial charge is 0.248 e. The van der Waals surface area contributed by atoms with Crippen molar-refractivity contribution in [2.45, 2.75) is 31.2 Å². The van der Waals surface area contributed by atoms with Gasteiger partial charge in [-0.25, -0.2) is 8.42 Å². The van der Waals surface area contributed by atoms with Crippen molar-refractivity contribution in [2.24, 2.45) is 4.99 Å². The van der Waals surface area contributed by atoms with E-state index in [0.29, 0.717) is 23.0 Å². The third-order valence-electron chi connectivity index (χ3n) is 4.47. The third kappa shape index (κ3) is 5.84. The van der Waals surface area contributed by atoms with Crippen LogP contribution in [0.25, 0.3) is 10.2 Å². The van der Waals surface area contributed by atoms with Crippen molar-refractivity contribution in [3.63, 3.8) is 0 Å². The molecule has 1 amide bonds. The van der Waals surface area contributed by atoms with Crippen LogP contribution in [0.4, 0.5) is 0 Å². The van der Waals surface area contributed by atoms with Gasteiger partial charge in [0.25, 0.3) is 0 Å². The molecule has 0 unspecified atom stereocenters. The Morgan fingerprint density at radius 1 is 1.26 bits per heavy atom. The zero-order valence-electron chi connectivity index (χ0n) is 17.1. The van der Waals surface area contributed by atoms with Crippen LogP contribution in [0, 0.1) is 0 Å². The summed E-state index contributed by atoms with van der Waals surface area (Å²) in [7, 11) is -3.48. The number of allylic oxidation sites excluding steroid dienone is 1. The molecule has 0 aliphatic rings. The molecule has 0 radical (unpaired) electrons. The zero-order valence-corrected chi connectivity index (χ0v) is 19.5. The van der Waals surface area contributed by atoms with E-state index < -0.39 is 9.84 Å². The van der Waals surface area contributed by atoms with Crippen molar-refractivity contribution in [2.75, 3.05) is 12.4 Å². The van der Waals surface area contributed by atoms with E-state index in [2.05, 4.69) is 11.6 Å². The third-order valence-corrected chi connectivity index (χ3v) is 7.58. The minimum atomic E-state index is -3.48. The predicted octanol–water partition coefficient (Wildman–Crippen LogP) is 4.62. The molecule has 9 heteroatoms. The monoisotopic (exact) mass is 478 g/mol. The van der Waals surface area contributed by atoms with E-state index >= 15 is 0 Å². The van der Waals surface area contributed by atoms with Gasteiger partial charge in [-0.15, -0.1) is 6.58 Å². The van der Waals surface area contributed by atoms with Crippen molar-refractivity contribution in [1.29, 1.82) is 0 Å². The van der Waals surface area contributed by atoms with Gasteiger partial charge in [0.05, 0.1) is 27.5 Å². The van der Waals surface area contributed by atoms with Gasteiger partial charge >= 0.3 is 0 Å². The number of ether oxygens (including phenoxy) is 1. The molecule has 2 aromatic carbocycles. The summed E-state index contributed by atoms with van der Waals surface area (Å²) in [6.07, 6.45) is 1.97. The number of fused-ring (bicyclic) bond motifs is 1. The summed E-state index contributed by atoms with van der Waals surface area (Å²) in [5.41, 5.74) is 0.935. The highest BCUT2D eigenvalue weighted by molar-refractivity contribution is 7.91. The molecule has 164 valence electrons. The molecule has 0 saturated heterocycles. The first-order valence-corrected chi connectivity index (χ1v) is 12.6. The molecule has 3 aromatic rings. The molecule has 1 heterocycles. The molecule has 0 atom stereocenters. The fourth-order valence-corrected chi connectivity index (χ4v) is 5.56. The van der Waals surface area contributed by atoms with E-state index in [4.69, 9.17) is 16.3 Å². The Bertz CT molecular complexity index is 1260. The number of rotatable bonds is 9. The van der Waals surface area contributed by atoms with E-state index in [0.717, 1.165) is 16.0 Å². The van der Waals surface area contributed by atoms with Gasteiger partial charge in [0.15, 0.2) is 14.6 Å². The molecule has 3 rings (SSSR count). The van der Waals surface area contributed by atoms with E-state index in [1.807, 2.05) is 29.7 Å².